The summed E-state index contributed by atoms with van der Waals surface area (Å²) in [7, 11) is 1.83. The second-order valence-electron chi connectivity index (χ2n) is 6.10. The number of para-hydroxylation sites is 1. The third-order valence-electron chi connectivity index (χ3n) is 4.64. The molecule has 0 saturated carbocycles. The van der Waals surface area contributed by atoms with E-state index in [2.05, 4.69) is 10.6 Å². The van der Waals surface area contributed by atoms with Crippen molar-refractivity contribution in [1.82, 2.24) is 4.57 Å². The van der Waals surface area contributed by atoms with Gasteiger partial charge in [-0.1, -0.05) is 30.3 Å². The van der Waals surface area contributed by atoms with Crippen molar-refractivity contribution in [2.75, 3.05) is 11.9 Å². The zero-order valence-corrected chi connectivity index (χ0v) is 13.4. The first-order chi connectivity index (χ1) is 11.6. The Balaban J connectivity index is 1.81. The SMILES string of the molecule is CN1C(=O)[C@H](Cc2ccc(O)cc2)n2cccc2-c2ccccc21. The summed E-state index contributed by atoms with van der Waals surface area (Å²) in [5.74, 6) is 0.294. The molecule has 0 radical (unpaired) electrons. The molecule has 0 unspecified atom stereocenters. The van der Waals surface area contributed by atoms with Crippen LogP contribution in [-0.4, -0.2) is 22.6 Å². The smallest absolute Gasteiger partial charge is 0.250 e. The van der Waals surface area contributed by atoms with E-state index in [4.69, 9.17) is 0 Å². The van der Waals surface area contributed by atoms with Gasteiger partial charge in [-0.15, -0.1) is 0 Å². The maximum absolute atomic E-state index is 13.1. The summed E-state index contributed by atoms with van der Waals surface area (Å²) < 4.78 is 2.05. The number of hydrogen-bond acceptors (Lipinski definition) is 2. The van der Waals surface area contributed by atoms with Gasteiger partial charge in [0.25, 0.3) is 0 Å². The molecule has 1 aliphatic rings. The van der Waals surface area contributed by atoms with E-state index >= 15 is 0 Å². The topological polar surface area (TPSA) is 45.5 Å². The van der Waals surface area contributed by atoms with Gasteiger partial charge >= 0.3 is 0 Å². The van der Waals surface area contributed by atoms with Gasteiger partial charge in [0.15, 0.2) is 0 Å². The summed E-state index contributed by atoms with van der Waals surface area (Å²) in [6.07, 6.45) is 2.55. The summed E-state index contributed by atoms with van der Waals surface area (Å²) in [6.45, 7) is 0. The number of rotatable bonds is 2. The van der Waals surface area contributed by atoms with Crippen molar-refractivity contribution < 1.29 is 9.90 Å². The maximum Gasteiger partial charge on any atom is 0.250 e. The fourth-order valence-electron chi connectivity index (χ4n) is 3.38. The fraction of sp³-hybridized carbons (Fsp3) is 0.150. The number of aromatic nitrogens is 1. The van der Waals surface area contributed by atoms with Gasteiger partial charge in [-0.05, 0) is 35.9 Å². The van der Waals surface area contributed by atoms with Crippen molar-refractivity contribution in [2.24, 2.45) is 0 Å². The van der Waals surface area contributed by atoms with E-state index in [0.29, 0.717) is 6.42 Å². The Morgan fingerprint density at radius 1 is 1.00 bits per heavy atom. The second-order valence-corrected chi connectivity index (χ2v) is 6.10. The first-order valence-corrected chi connectivity index (χ1v) is 7.97. The van der Waals surface area contributed by atoms with E-state index in [1.165, 1.54) is 0 Å². The summed E-state index contributed by atoms with van der Waals surface area (Å²) in [4.78, 5) is 14.8. The van der Waals surface area contributed by atoms with Gasteiger partial charge in [-0.3, -0.25) is 4.79 Å². The molecular weight excluding hydrogens is 300 g/mol. The highest BCUT2D eigenvalue weighted by molar-refractivity contribution is 6.01. The zero-order valence-electron chi connectivity index (χ0n) is 13.4. The van der Waals surface area contributed by atoms with Crippen LogP contribution in [0.3, 0.4) is 0 Å². The molecule has 0 fully saturated rings. The van der Waals surface area contributed by atoms with Crippen molar-refractivity contribution in [3.05, 3.63) is 72.4 Å². The number of phenolic OH excluding ortho intramolecular Hbond substituents is 1. The largest absolute Gasteiger partial charge is 0.508 e. The van der Waals surface area contributed by atoms with E-state index in [-0.39, 0.29) is 17.7 Å². The Morgan fingerprint density at radius 3 is 2.54 bits per heavy atom. The standard InChI is InChI=1S/C20H18N2O2/c1-21-17-6-3-2-5-16(17)18-7-4-12-22(18)19(20(21)24)13-14-8-10-15(23)11-9-14/h2-12,19,23H,13H2,1H3/t19-/m0/s1. The molecule has 0 aliphatic carbocycles. The lowest BCUT2D eigenvalue weighted by molar-refractivity contribution is -0.121. The molecule has 0 saturated heterocycles. The molecule has 1 atom stereocenters. The molecule has 24 heavy (non-hydrogen) atoms. The average Bonchev–Trinajstić information content (AvgIpc) is 3.06. The Kier molecular flexibility index (Phi) is 3.38. The van der Waals surface area contributed by atoms with Crippen LogP contribution in [0, 0.1) is 0 Å². The van der Waals surface area contributed by atoms with Crippen molar-refractivity contribution in [2.45, 2.75) is 12.5 Å². The van der Waals surface area contributed by atoms with Gasteiger partial charge < -0.3 is 14.6 Å². The van der Waals surface area contributed by atoms with Crippen LogP contribution in [0.15, 0.2) is 66.9 Å². The van der Waals surface area contributed by atoms with Gasteiger partial charge in [-0.2, -0.15) is 0 Å². The van der Waals surface area contributed by atoms with Crippen LogP contribution in [-0.2, 0) is 11.2 Å². The van der Waals surface area contributed by atoms with E-state index < -0.39 is 0 Å². The minimum absolute atomic E-state index is 0.0606. The molecule has 2 aromatic carbocycles. The number of likely N-dealkylation sites (N-methyl/N-ethyl adjacent to an activating group) is 1. The molecule has 120 valence electrons. The number of fused-ring (bicyclic) bond motifs is 3. The molecule has 0 spiro atoms. The normalized spacial score (nSPS) is 16.5. The number of carbonyl (C=O) groups excluding carboxylic acids is 1. The first kappa shape index (κ1) is 14.6. The molecule has 4 rings (SSSR count). The summed E-state index contributed by atoms with van der Waals surface area (Å²) in [5, 5.41) is 9.46. The Morgan fingerprint density at radius 2 is 1.75 bits per heavy atom. The van der Waals surface area contributed by atoms with Gasteiger partial charge in [0.05, 0.1) is 11.4 Å². The molecule has 2 heterocycles. The minimum Gasteiger partial charge on any atom is -0.508 e. The third kappa shape index (κ3) is 2.27. The van der Waals surface area contributed by atoms with Crippen LogP contribution in [0.1, 0.15) is 11.6 Å². The highest BCUT2D eigenvalue weighted by Gasteiger charge is 2.31. The number of hydrogen-bond donors (Lipinski definition) is 1. The molecular formula is C20H18N2O2. The van der Waals surface area contributed by atoms with Crippen molar-refractivity contribution >= 4 is 11.6 Å². The second kappa shape index (κ2) is 5.57. The van der Waals surface area contributed by atoms with E-state index in [0.717, 1.165) is 22.5 Å². The van der Waals surface area contributed by atoms with Crippen LogP contribution >= 0.6 is 0 Å². The number of nitrogens with zero attached hydrogens (tertiary/aromatic N) is 2. The quantitative estimate of drug-likeness (QED) is 0.784. The van der Waals surface area contributed by atoms with Gasteiger partial charge in [0, 0.05) is 25.2 Å². The van der Waals surface area contributed by atoms with Crippen LogP contribution in [0.5, 0.6) is 5.75 Å². The molecule has 4 heteroatoms. The molecule has 1 aromatic heterocycles. The molecule has 1 aliphatic heterocycles. The lowest BCUT2D eigenvalue weighted by Crippen LogP contribution is -2.34. The van der Waals surface area contributed by atoms with E-state index in [1.807, 2.05) is 55.7 Å². The van der Waals surface area contributed by atoms with Crippen molar-refractivity contribution in [3.8, 4) is 17.0 Å². The molecule has 1 N–H and O–H groups in total. The Hall–Kier alpha value is -3.01. The predicted molar refractivity (Wildman–Crippen MR) is 94.1 cm³/mol. The van der Waals surface area contributed by atoms with Crippen LogP contribution < -0.4 is 4.90 Å². The van der Waals surface area contributed by atoms with Crippen molar-refractivity contribution in [1.29, 1.82) is 0 Å². The minimum atomic E-state index is -0.308. The summed E-state index contributed by atoms with van der Waals surface area (Å²) >= 11 is 0. The summed E-state index contributed by atoms with van der Waals surface area (Å²) in [5.41, 5.74) is 4.06. The molecule has 3 aromatic rings. The fourth-order valence-corrected chi connectivity index (χ4v) is 3.38. The number of carbonyl (C=O) groups is 1. The molecule has 4 nitrogen and oxygen atoms in total. The van der Waals surface area contributed by atoms with Crippen LogP contribution in [0.25, 0.3) is 11.3 Å². The lowest BCUT2D eigenvalue weighted by atomic mass is 10.0. The van der Waals surface area contributed by atoms with Gasteiger partial charge in [0.2, 0.25) is 5.91 Å². The van der Waals surface area contributed by atoms with E-state index in [9.17, 15) is 9.90 Å². The lowest BCUT2D eigenvalue weighted by Gasteiger charge is -2.23. The highest BCUT2D eigenvalue weighted by Crippen LogP contribution is 2.37. The third-order valence-corrected chi connectivity index (χ3v) is 4.64. The van der Waals surface area contributed by atoms with Gasteiger partial charge in [-0.25, -0.2) is 0 Å². The Bertz CT molecular complexity index is 896. The predicted octanol–water partition coefficient (Wildman–Crippen LogP) is 3.62. The average molecular weight is 318 g/mol. The highest BCUT2D eigenvalue weighted by atomic mass is 16.3. The number of aromatic hydroxyl groups is 1. The van der Waals surface area contributed by atoms with Crippen LogP contribution in [0.4, 0.5) is 5.69 Å². The Labute approximate surface area is 140 Å². The molecule has 1 amide bonds. The van der Waals surface area contributed by atoms with E-state index in [1.54, 1.807) is 17.0 Å². The zero-order chi connectivity index (χ0) is 16.7. The van der Waals surface area contributed by atoms with Gasteiger partial charge in [0.1, 0.15) is 11.8 Å². The summed E-state index contributed by atoms with van der Waals surface area (Å²) in [6, 6.07) is 18.7. The number of amides is 1. The molecule has 0 bridgehead atoms. The van der Waals surface area contributed by atoms with Crippen LogP contribution in [0.2, 0.25) is 0 Å². The van der Waals surface area contributed by atoms with Crippen molar-refractivity contribution in [3.63, 3.8) is 0 Å². The number of benzene rings is 2. The number of anilines is 1. The maximum atomic E-state index is 13.1. The first-order valence-electron chi connectivity index (χ1n) is 7.97. The number of phenols is 1. The monoisotopic (exact) mass is 318 g/mol.